The summed E-state index contributed by atoms with van der Waals surface area (Å²) in [6.07, 6.45) is -0.491. The summed E-state index contributed by atoms with van der Waals surface area (Å²) in [5.41, 5.74) is -0.264. The van der Waals surface area contributed by atoms with Crippen molar-refractivity contribution >= 4 is 47.0 Å². The highest BCUT2D eigenvalue weighted by Gasteiger charge is 2.28. The van der Waals surface area contributed by atoms with Crippen LogP contribution in [0.25, 0.3) is 10.9 Å². The molecule has 5 nitrogen and oxygen atoms in total. The molecule has 1 aromatic carbocycles. The van der Waals surface area contributed by atoms with Gasteiger partial charge in [0.25, 0.3) is 5.56 Å². The van der Waals surface area contributed by atoms with Gasteiger partial charge in [0.1, 0.15) is 5.30 Å². The van der Waals surface area contributed by atoms with Crippen LogP contribution in [0, 0.1) is 0 Å². The molecule has 0 aliphatic rings. The summed E-state index contributed by atoms with van der Waals surface area (Å²) in [5, 5.41) is 0.746. The van der Waals surface area contributed by atoms with Crippen molar-refractivity contribution in [3.8, 4) is 0 Å². The Balaban J connectivity index is 2.67. The van der Waals surface area contributed by atoms with Crippen LogP contribution < -0.4 is 10.9 Å². The summed E-state index contributed by atoms with van der Waals surface area (Å²) >= 11 is 11.7. The van der Waals surface area contributed by atoms with E-state index in [0.717, 1.165) is 0 Å². The summed E-state index contributed by atoms with van der Waals surface area (Å²) in [7, 11) is -4.19. The fourth-order valence-corrected chi connectivity index (χ4v) is 3.38. The number of aromatic nitrogens is 1. The van der Waals surface area contributed by atoms with Gasteiger partial charge in [-0.2, -0.15) is 0 Å². The first-order valence-electron chi connectivity index (χ1n) is 5.74. The van der Waals surface area contributed by atoms with Crippen LogP contribution in [-0.2, 0) is 9.09 Å². The molecular weight excluding hydrogens is 324 g/mol. The van der Waals surface area contributed by atoms with Crippen molar-refractivity contribution in [2.45, 2.75) is 20.0 Å². The number of pyridine rings is 1. The minimum atomic E-state index is -4.19. The topological polar surface area (TPSA) is 79.4 Å². The number of aromatic amines is 1. The summed E-state index contributed by atoms with van der Waals surface area (Å²) in [6.45, 7) is 3.21. The zero-order valence-corrected chi connectivity index (χ0v) is 13.1. The van der Waals surface area contributed by atoms with E-state index in [4.69, 9.17) is 27.7 Å². The standard InChI is InChI=1S/C12H12Cl2NO4P/c1-6(2)19-20(17,18)11-4-7-3-8(13)9(14)5-10(7)15-12(11)16/h3-6H,1-2H3,(H,15,16)(H,17,18). The molecule has 108 valence electrons. The van der Waals surface area contributed by atoms with Crippen LogP contribution in [0.3, 0.4) is 0 Å². The van der Waals surface area contributed by atoms with Crippen LogP contribution >= 0.6 is 30.8 Å². The van der Waals surface area contributed by atoms with Crippen LogP contribution in [0.2, 0.25) is 10.0 Å². The van der Waals surface area contributed by atoms with Crippen molar-refractivity contribution in [2.24, 2.45) is 0 Å². The monoisotopic (exact) mass is 335 g/mol. The highest BCUT2D eigenvalue weighted by atomic mass is 35.5. The highest BCUT2D eigenvalue weighted by Crippen LogP contribution is 2.41. The lowest BCUT2D eigenvalue weighted by Crippen LogP contribution is -2.28. The number of benzene rings is 1. The van der Waals surface area contributed by atoms with Crippen LogP contribution in [0.1, 0.15) is 13.8 Å². The molecule has 1 aromatic heterocycles. The van der Waals surface area contributed by atoms with Gasteiger partial charge in [-0.05, 0) is 32.0 Å². The Hall–Kier alpha value is -0.840. The van der Waals surface area contributed by atoms with E-state index in [1.54, 1.807) is 13.8 Å². The first kappa shape index (κ1) is 15.5. The van der Waals surface area contributed by atoms with E-state index in [1.165, 1.54) is 18.2 Å². The molecule has 0 saturated heterocycles. The highest BCUT2D eigenvalue weighted by molar-refractivity contribution is 7.61. The fourth-order valence-electron chi connectivity index (χ4n) is 1.74. The molecular formula is C12H12Cl2NO4P. The summed E-state index contributed by atoms with van der Waals surface area (Å²) in [6, 6.07) is 4.28. The molecule has 1 unspecified atom stereocenters. The van der Waals surface area contributed by atoms with E-state index in [9.17, 15) is 14.3 Å². The van der Waals surface area contributed by atoms with Crippen LogP contribution in [0.15, 0.2) is 23.0 Å². The van der Waals surface area contributed by atoms with Gasteiger partial charge in [-0.1, -0.05) is 23.2 Å². The van der Waals surface area contributed by atoms with Gasteiger partial charge < -0.3 is 14.4 Å². The van der Waals surface area contributed by atoms with Crippen molar-refractivity contribution in [3.05, 3.63) is 38.6 Å². The van der Waals surface area contributed by atoms with E-state index in [2.05, 4.69) is 4.98 Å². The van der Waals surface area contributed by atoms with Crippen LogP contribution in [-0.4, -0.2) is 16.0 Å². The molecule has 0 radical (unpaired) electrons. The number of rotatable bonds is 3. The van der Waals surface area contributed by atoms with Gasteiger partial charge in [0.05, 0.1) is 16.1 Å². The molecule has 0 saturated carbocycles. The predicted octanol–water partition coefficient (Wildman–Crippen LogP) is 3.07. The fraction of sp³-hybridized carbons (Fsp3) is 0.250. The summed E-state index contributed by atoms with van der Waals surface area (Å²) in [4.78, 5) is 24.3. The third-order valence-corrected chi connectivity index (χ3v) is 4.89. The van der Waals surface area contributed by atoms with Gasteiger partial charge >= 0.3 is 7.60 Å². The molecule has 0 spiro atoms. The zero-order chi connectivity index (χ0) is 15.1. The quantitative estimate of drug-likeness (QED) is 0.845. The summed E-state index contributed by atoms with van der Waals surface area (Å²) < 4.78 is 17.0. The van der Waals surface area contributed by atoms with Gasteiger partial charge in [0, 0.05) is 10.9 Å². The zero-order valence-electron chi connectivity index (χ0n) is 10.7. The molecule has 0 aliphatic carbocycles. The molecule has 8 heteroatoms. The SMILES string of the molecule is CC(C)OP(=O)(O)c1cc2cc(Cl)c(Cl)cc2[nH]c1=O. The van der Waals surface area contributed by atoms with Gasteiger partial charge in [-0.25, -0.2) is 0 Å². The summed E-state index contributed by atoms with van der Waals surface area (Å²) in [5.74, 6) is 0. The lowest BCUT2D eigenvalue weighted by Gasteiger charge is -2.14. The molecule has 2 aromatic rings. The largest absolute Gasteiger partial charge is 0.364 e. The maximum Gasteiger partial charge on any atom is 0.364 e. The maximum absolute atomic E-state index is 12.1. The van der Waals surface area contributed by atoms with E-state index in [1.807, 2.05) is 0 Å². The van der Waals surface area contributed by atoms with Gasteiger partial charge in [0.15, 0.2) is 0 Å². The average molecular weight is 336 g/mol. The lowest BCUT2D eigenvalue weighted by molar-refractivity contribution is 0.212. The number of hydrogen-bond acceptors (Lipinski definition) is 3. The van der Waals surface area contributed by atoms with Crippen molar-refractivity contribution in [3.63, 3.8) is 0 Å². The number of hydrogen-bond donors (Lipinski definition) is 2. The van der Waals surface area contributed by atoms with Gasteiger partial charge in [0.2, 0.25) is 0 Å². The van der Waals surface area contributed by atoms with E-state index in [-0.39, 0.29) is 15.3 Å². The van der Waals surface area contributed by atoms with Crippen LogP contribution in [0.5, 0.6) is 0 Å². The third-order valence-electron chi connectivity index (χ3n) is 2.52. The Morgan fingerprint density at radius 1 is 1.25 bits per heavy atom. The number of nitrogens with one attached hydrogen (secondary N) is 1. The first-order valence-corrected chi connectivity index (χ1v) is 8.08. The Morgan fingerprint density at radius 3 is 2.45 bits per heavy atom. The third kappa shape index (κ3) is 3.08. The molecule has 20 heavy (non-hydrogen) atoms. The van der Waals surface area contributed by atoms with E-state index >= 15 is 0 Å². The molecule has 1 heterocycles. The maximum atomic E-state index is 12.1. The van der Waals surface area contributed by atoms with Gasteiger partial charge in [-0.15, -0.1) is 0 Å². The van der Waals surface area contributed by atoms with Gasteiger partial charge in [-0.3, -0.25) is 9.36 Å². The Labute approximate surface area is 125 Å². The minimum Gasteiger partial charge on any atom is -0.321 e. The lowest BCUT2D eigenvalue weighted by atomic mass is 10.2. The number of H-pyrrole nitrogens is 1. The second-order valence-electron chi connectivity index (χ2n) is 4.51. The molecule has 0 fully saturated rings. The Morgan fingerprint density at radius 2 is 1.85 bits per heavy atom. The Kier molecular flexibility index (Phi) is 4.28. The predicted molar refractivity (Wildman–Crippen MR) is 80.3 cm³/mol. The first-order chi connectivity index (χ1) is 9.20. The molecule has 0 aliphatic heterocycles. The van der Waals surface area contributed by atoms with Crippen molar-refractivity contribution in [1.29, 1.82) is 0 Å². The molecule has 0 amide bonds. The smallest absolute Gasteiger partial charge is 0.321 e. The molecule has 0 bridgehead atoms. The Bertz CT molecular complexity index is 772. The minimum absolute atomic E-state index is 0.285. The number of fused-ring (bicyclic) bond motifs is 1. The molecule has 1 atom stereocenters. The average Bonchev–Trinajstić information content (AvgIpc) is 2.28. The molecule has 2 N–H and O–H groups in total. The second kappa shape index (κ2) is 5.51. The van der Waals surface area contributed by atoms with Crippen LogP contribution in [0.4, 0.5) is 0 Å². The molecule has 2 rings (SSSR count). The van der Waals surface area contributed by atoms with Crippen molar-refractivity contribution < 1.29 is 14.0 Å². The normalized spacial score (nSPS) is 14.7. The van der Waals surface area contributed by atoms with Crippen molar-refractivity contribution in [1.82, 2.24) is 4.98 Å². The number of halogens is 2. The van der Waals surface area contributed by atoms with E-state index in [0.29, 0.717) is 10.9 Å². The second-order valence-corrected chi connectivity index (χ2v) is 7.06. The van der Waals surface area contributed by atoms with Crippen molar-refractivity contribution in [2.75, 3.05) is 0 Å². The van der Waals surface area contributed by atoms with E-state index < -0.39 is 19.3 Å².